The van der Waals surface area contributed by atoms with Crippen LogP contribution in [0.5, 0.6) is 0 Å². The number of aryl methyl sites for hydroxylation is 2. The van der Waals surface area contributed by atoms with Crippen molar-refractivity contribution in [1.82, 2.24) is 14.5 Å². The molecular formula is C11H12ClN3O2. The second-order valence-electron chi connectivity index (χ2n) is 3.67. The number of pyridine rings is 1. The van der Waals surface area contributed by atoms with Gasteiger partial charge in [-0.05, 0) is 6.07 Å². The lowest BCUT2D eigenvalue weighted by atomic mass is 10.4. The van der Waals surface area contributed by atoms with E-state index >= 15 is 0 Å². The zero-order chi connectivity index (χ0) is 12.4. The molecule has 0 fully saturated rings. The van der Waals surface area contributed by atoms with E-state index < -0.39 is 5.97 Å². The van der Waals surface area contributed by atoms with Crippen LogP contribution in [0.1, 0.15) is 19.2 Å². The molecule has 0 saturated heterocycles. The van der Waals surface area contributed by atoms with E-state index in [9.17, 15) is 4.79 Å². The Morgan fingerprint density at radius 1 is 1.59 bits per heavy atom. The number of rotatable bonds is 4. The van der Waals surface area contributed by atoms with Gasteiger partial charge in [0.15, 0.2) is 5.65 Å². The summed E-state index contributed by atoms with van der Waals surface area (Å²) in [6.07, 6.45) is 2.33. The number of aliphatic carboxylic acids is 1. The minimum Gasteiger partial charge on any atom is -0.481 e. The van der Waals surface area contributed by atoms with Crippen molar-refractivity contribution in [2.75, 3.05) is 0 Å². The third-order valence-electron chi connectivity index (χ3n) is 2.50. The lowest BCUT2D eigenvalue weighted by Crippen LogP contribution is -2.08. The summed E-state index contributed by atoms with van der Waals surface area (Å²) in [5.74, 6) is -0.00103. The summed E-state index contributed by atoms with van der Waals surface area (Å²) in [6.45, 7) is 2.35. The predicted molar refractivity (Wildman–Crippen MR) is 64.2 cm³/mol. The fourth-order valence-corrected chi connectivity index (χ4v) is 1.90. The molecule has 2 aromatic heterocycles. The Labute approximate surface area is 103 Å². The van der Waals surface area contributed by atoms with Crippen LogP contribution in [-0.4, -0.2) is 25.6 Å². The molecule has 0 aliphatic rings. The molecule has 0 aliphatic heterocycles. The highest BCUT2D eigenvalue weighted by molar-refractivity contribution is 6.31. The van der Waals surface area contributed by atoms with Crippen molar-refractivity contribution >= 4 is 28.7 Å². The van der Waals surface area contributed by atoms with Gasteiger partial charge < -0.3 is 9.67 Å². The first kappa shape index (κ1) is 11.9. The van der Waals surface area contributed by atoms with Crippen LogP contribution in [0, 0.1) is 0 Å². The maximum atomic E-state index is 10.6. The highest BCUT2D eigenvalue weighted by Gasteiger charge is 2.11. The highest BCUT2D eigenvalue weighted by Crippen LogP contribution is 2.18. The average molecular weight is 254 g/mol. The van der Waals surface area contributed by atoms with Crippen molar-refractivity contribution in [3.63, 3.8) is 0 Å². The molecule has 0 radical (unpaired) electrons. The Bertz CT molecular complexity index is 565. The normalized spacial score (nSPS) is 10.9. The summed E-state index contributed by atoms with van der Waals surface area (Å²) in [7, 11) is 0. The summed E-state index contributed by atoms with van der Waals surface area (Å²) in [5, 5.41) is 9.25. The van der Waals surface area contributed by atoms with Gasteiger partial charge in [-0.3, -0.25) is 4.79 Å². The average Bonchev–Trinajstić information content (AvgIpc) is 2.63. The predicted octanol–water partition coefficient (Wildman–Crippen LogP) is 2.12. The van der Waals surface area contributed by atoms with Crippen molar-refractivity contribution in [3.05, 3.63) is 23.1 Å². The molecule has 0 aromatic carbocycles. The van der Waals surface area contributed by atoms with E-state index in [0.717, 1.165) is 12.2 Å². The topological polar surface area (TPSA) is 68.0 Å². The molecule has 90 valence electrons. The number of carboxylic acids is 1. The van der Waals surface area contributed by atoms with Crippen LogP contribution in [0.4, 0.5) is 0 Å². The minimum absolute atomic E-state index is 0.0583. The second kappa shape index (κ2) is 4.71. The molecule has 5 nitrogen and oxygen atoms in total. The maximum Gasteiger partial charge on any atom is 0.305 e. The van der Waals surface area contributed by atoms with E-state index in [0.29, 0.717) is 22.7 Å². The number of carbonyl (C=O) groups is 1. The van der Waals surface area contributed by atoms with E-state index in [-0.39, 0.29) is 6.42 Å². The lowest BCUT2D eigenvalue weighted by Gasteiger charge is -2.04. The lowest BCUT2D eigenvalue weighted by molar-refractivity contribution is -0.137. The van der Waals surface area contributed by atoms with Gasteiger partial charge in [0.1, 0.15) is 11.3 Å². The number of hydrogen-bond donors (Lipinski definition) is 1. The zero-order valence-electron chi connectivity index (χ0n) is 9.35. The van der Waals surface area contributed by atoms with Crippen LogP contribution < -0.4 is 0 Å². The number of hydrogen-bond acceptors (Lipinski definition) is 3. The Balaban J connectivity index is 2.47. The van der Waals surface area contributed by atoms with Crippen LogP contribution in [0.15, 0.2) is 12.3 Å². The standard InChI is InChI=1S/C11H12ClN3O2/c1-2-9-14-8-5-7(12)6-13-11(8)15(9)4-3-10(16)17/h5-6H,2-4H2,1H3,(H,16,17). The van der Waals surface area contributed by atoms with E-state index in [2.05, 4.69) is 9.97 Å². The smallest absolute Gasteiger partial charge is 0.305 e. The van der Waals surface area contributed by atoms with Gasteiger partial charge in [0.05, 0.1) is 11.4 Å². The molecule has 0 bridgehead atoms. The molecule has 2 rings (SSSR count). The summed E-state index contributed by atoms with van der Waals surface area (Å²) >= 11 is 5.85. The summed E-state index contributed by atoms with van der Waals surface area (Å²) in [5.41, 5.74) is 1.40. The summed E-state index contributed by atoms with van der Waals surface area (Å²) in [4.78, 5) is 19.2. The quantitative estimate of drug-likeness (QED) is 0.906. The van der Waals surface area contributed by atoms with Crippen molar-refractivity contribution in [2.45, 2.75) is 26.3 Å². The third-order valence-corrected chi connectivity index (χ3v) is 2.70. The van der Waals surface area contributed by atoms with Crippen LogP contribution >= 0.6 is 11.6 Å². The molecule has 6 heteroatoms. The van der Waals surface area contributed by atoms with Crippen molar-refractivity contribution in [3.8, 4) is 0 Å². The van der Waals surface area contributed by atoms with Gasteiger partial charge in [-0.15, -0.1) is 0 Å². The number of imidazole rings is 1. The molecule has 0 amide bonds. The second-order valence-corrected chi connectivity index (χ2v) is 4.11. The van der Waals surface area contributed by atoms with Gasteiger partial charge in [0, 0.05) is 19.2 Å². The van der Waals surface area contributed by atoms with Crippen LogP contribution in [-0.2, 0) is 17.8 Å². The van der Waals surface area contributed by atoms with Gasteiger partial charge in [-0.1, -0.05) is 18.5 Å². The first-order valence-corrected chi connectivity index (χ1v) is 5.72. The fourth-order valence-electron chi connectivity index (χ4n) is 1.75. The van der Waals surface area contributed by atoms with Crippen LogP contribution in [0.3, 0.4) is 0 Å². The molecule has 1 N–H and O–H groups in total. The van der Waals surface area contributed by atoms with Gasteiger partial charge >= 0.3 is 5.97 Å². The zero-order valence-corrected chi connectivity index (χ0v) is 10.1. The first-order chi connectivity index (χ1) is 8.11. The molecule has 2 heterocycles. The minimum atomic E-state index is -0.831. The number of carboxylic acid groups (broad SMARTS) is 1. The number of aromatic nitrogens is 3. The fraction of sp³-hybridized carbons (Fsp3) is 0.364. The Hall–Kier alpha value is -1.62. The SMILES string of the molecule is CCc1nc2cc(Cl)cnc2n1CCC(=O)O. The van der Waals surface area contributed by atoms with Crippen LogP contribution in [0.2, 0.25) is 5.02 Å². The van der Waals surface area contributed by atoms with Gasteiger partial charge in [0.2, 0.25) is 0 Å². The monoisotopic (exact) mass is 253 g/mol. The summed E-state index contributed by atoms with van der Waals surface area (Å²) in [6, 6.07) is 1.74. The van der Waals surface area contributed by atoms with Gasteiger partial charge in [0.25, 0.3) is 0 Å². The molecule has 0 atom stereocenters. The molecule has 0 aliphatic carbocycles. The van der Waals surface area contributed by atoms with Crippen molar-refractivity contribution < 1.29 is 9.90 Å². The van der Waals surface area contributed by atoms with E-state index in [1.807, 2.05) is 11.5 Å². The Morgan fingerprint density at radius 2 is 2.35 bits per heavy atom. The highest BCUT2D eigenvalue weighted by atomic mass is 35.5. The number of fused-ring (bicyclic) bond motifs is 1. The molecule has 17 heavy (non-hydrogen) atoms. The van der Waals surface area contributed by atoms with Gasteiger partial charge in [-0.25, -0.2) is 9.97 Å². The molecule has 0 unspecified atom stereocenters. The Kier molecular flexibility index (Phi) is 3.28. The molecule has 2 aromatic rings. The van der Waals surface area contributed by atoms with Crippen molar-refractivity contribution in [1.29, 1.82) is 0 Å². The number of halogens is 1. The van der Waals surface area contributed by atoms with E-state index in [1.54, 1.807) is 12.3 Å². The molecular weight excluding hydrogens is 242 g/mol. The van der Waals surface area contributed by atoms with Gasteiger partial charge in [-0.2, -0.15) is 0 Å². The number of nitrogens with zero attached hydrogens (tertiary/aromatic N) is 3. The largest absolute Gasteiger partial charge is 0.481 e. The Morgan fingerprint density at radius 3 is 3.00 bits per heavy atom. The maximum absolute atomic E-state index is 10.6. The third kappa shape index (κ3) is 2.39. The van der Waals surface area contributed by atoms with Crippen molar-refractivity contribution in [2.24, 2.45) is 0 Å². The first-order valence-electron chi connectivity index (χ1n) is 5.34. The summed E-state index contributed by atoms with van der Waals surface area (Å²) < 4.78 is 1.83. The molecule has 0 spiro atoms. The van der Waals surface area contributed by atoms with E-state index in [1.165, 1.54) is 0 Å². The van der Waals surface area contributed by atoms with Crippen LogP contribution in [0.25, 0.3) is 11.2 Å². The molecule has 0 saturated carbocycles. The van der Waals surface area contributed by atoms with E-state index in [4.69, 9.17) is 16.7 Å².